The Kier molecular flexibility index (Phi) is 2.13. The van der Waals surface area contributed by atoms with Crippen LogP contribution in [-0.2, 0) is 6.42 Å². The van der Waals surface area contributed by atoms with E-state index in [1.165, 1.54) is 17.7 Å². The van der Waals surface area contributed by atoms with E-state index in [4.69, 9.17) is 5.73 Å². The first-order valence-electron chi connectivity index (χ1n) is 4.95. The van der Waals surface area contributed by atoms with Crippen LogP contribution in [0, 0.1) is 0 Å². The van der Waals surface area contributed by atoms with Gasteiger partial charge in [-0.1, -0.05) is 19.1 Å². The van der Waals surface area contributed by atoms with E-state index in [2.05, 4.69) is 17.9 Å². The summed E-state index contributed by atoms with van der Waals surface area (Å²) in [5.41, 5.74) is 9.58. The Balaban J connectivity index is 2.34. The van der Waals surface area contributed by atoms with Crippen molar-refractivity contribution in [3.8, 4) is 0 Å². The maximum atomic E-state index is 5.95. The molecule has 0 fully saturated rings. The van der Waals surface area contributed by atoms with Crippen molar-refractivity contribution >= 4 is 11.4 Å². The van der Waals surface area contributed by atoms with Gasteiger partial charge in [0.05, 0.1) is 11.4 Å². The van der Waals surface area contributed by atoms with Crippen molar-refractivity contribution in [1.82, 2.24) is 0 Å². The predicted octanol–water partition coefficient (Wildman–Crippen LogP) is 2.04. The van der Waals surface area contributed by atoms with E-state index >= 15 is 0 Å². The molecule has 0 atom stereocenters. The molecule has 0 aromatic heterocycles. The molecule has 1 aliphatic rings. The van der Waals surface area contributed by atoms with E-state index in [-0.39, 0.29) is 0 Å². The smallest absolute Gasteiger partial charge is 0.0633 e. The van der Waals surface area contributed by atoms with Gasteiger partial charge in [0.1, 0.15) is 0 Å². The van der Waals surface area contributed by atoms with Gasteiger partial charge in [-0.05, 0) is 24.5 Å². The van der Waals surface area contributed by atoms with Gasteiger partial charge in [0.15, 0.2) is 0 Å². The van der Waals surface area contributed by atoms with Crippen LogP contribution in [-0.4, -0.2) is 13.1 Å². The number of nitrogen functional groups attached to an aromatic ring is 1. The maximum absolute atomic E-state index is 5.95. The zero-order valence-corrected chi connectivity index (χ0v) is 8.09. The van der Waals surface area contributed by atoms with Crippen molar-refractivity contribution in [2.75, 3.05) is 23.7 Å². The third kappa shape index (κ3) is 1.37. The number of hydrogen-bond donors (Lipinski definition) is 1. The minimum Gasteiger partial charge on any atom is -0.397 e. The summed E-state index contributed by atoms with van der Waals surface area (Å²) in [4.78, 5) is 2.39. The van der Waals surface area contributed by atoms with Gasteiger partial charge in [-0.25, -0.2) is 0 Å². The van der Waals surface area contributed by atoms with Gasteiger partial charge in [-0.3, -0.25) is 0 Å². The van der Waals surface area contributed by atoms with Crippen LogP contribution in [0.1, 0.15) is 18.9 Å². The van der Waals surface area contributed by atoms with Gasteiger partial charge in [-0.15, -0.1) is 0 Å². The van der Waals surface area contributed by atoms with Crippen molar-refractivity contribution < 1.29 is 0 Å². The lowest BCUT2D eigenvalue weighted by molar-refractivity contribution is 0.797. The van der Waals surface area contributed by atoms with Crippen LogP contribution in [0.2, 0.25) is 0 Å². The summed E-state index contributed by atoms with van der Waals surface area (Å²) in [7, 11) is 0. The zero-order chi connectivity index (χ0) is 9.26. The average molecular weight is 176 g/mol. The molecule has 2 rings (SSSR count). The number of rotatable bonds is 2. The number of hydrogen-bond acceptors (Lipinski definition) is 2. The number of nitrogens with zero attached hydrogens (tertiary/aromatic N) is 1. The van der Waals surface area contributed by atoms with Crippen molar-refractivity contribution in [2.45, 2.75) is 19.8 Å². The Morgan fingerprint density at radius 2 is 2.31 bits per heavy atom. The first kappa shape index (κ1) is 8.42. The fourth-order valence-corrected chi connectivity index (χ4v) is 2.06. The van der Waals surface area contributed by atoms with E-state index in [1.807, 2.05) is 12.1 Å². The normalized spacial score (nSPS) is 14.7. The molecule has 0 saturated carbocycles. The first-order chi connectivity index (χ1) is 6.33. The van der Waals surface area contributed by atoms with Crippen LogP contribution in [0.15, 0.2) is 18.2 Å². The molecule has 1 aromatic carbocycles. The third-order valence-corrected chi connectivity index (χ3v) is 2.61. The maximum Gasteiger partial charge on any atom is 0.0633 e. The lowest BCUT2D eigenvalue weighted by Crippen LogP contribution is -2.21. The second kappa shape index (κ2) is 3.29. The number of benzene rings is 1. The summed E-state index contributed by atoms with van der Waals surface area (Å²) in [6.07, 6.45) is 2.34. The highest BCUT2D eigenvalue weighted by molar-refractivity contribution is 5.74. The fraction of sp³-hybridized carbons (Fsp3) is 0.455. The number of anilines is 2. The molecule has 1 aliphatic heterocycles. The third-order valence-electron chi connectivity index (χ3n) is 2.61. The van der Waals surface area contributed by atoms with Crippen molar-refractivity contribution in [2.24, 2.45) is 0 Å². The van der Waals surface area contributed by atoms with Crippen molar-refractivity contribution in [3.05, 3.63) is 23.8 Å². The predicted molar refractivity (Wildman–Crippen MR) is 57.1 cm³/mol. The van der Waals surface area contributed by atoms with E-state index in [9.17, 15) is 0 Å². The van der Waals surface area contributed by atoms with Crippen molar-refractivity contribution in [1.29, 1.82) is 0 Å². The second-order valence-electron chi connectivity index (χ2n) is 3.59. The lowest BCUT2D eigenvalue weighted by Gasteiger charge is -2.19. The Morgan fingerprint density at radius 1 is 1.46 bits per heavy atom. The minimum absolute atomic E-state index is 0.934. The fourth-order valence-electron chi connectivity index (χ4n) is 2.06. The van der Waals surface area contributed by atoms with Gasteiger partial charge in [0.2, 0.25) is 0 Å². The number of nitrogens with two attached hydrogens (primary N) is 1. The van der Waals surface area contributed by atoms with Gasteiger partial charge in [0, 0.05) is 13.1 Å². The standard InChI is InChI=1S/C11H16N2/c1-2-7-13-8-6-9-4-3-5-10(12)11(9)13/h3-5H,2,6-8,12H2,1H3. The van der Waals surface area contributed by atoms with E-state index < -0.39 is 0 Å². The molecule has 0 aliphatic carbocycles. The Hall–Kier alpha value is -1.18. The highest BCUT2D eigenvalue weighted by Crippen LogP contribution is 2.33. The van der Waals surface area contributed by atoms with Crippen LogP contribution in [0.25, 0.3) is 0 Å². The average Bonchev–Trinajstić information content (AvgIpc) is 2.51. The molecule has 70 valence electrons. The largest absolute Gasteiger partial charge is 0.397 e. The SMILES string of the molecule is CCCN1CCc2cccc(N)c21. The lowest BCUT2D eigenvalue weighted by atomic mass is 10.1. The van der Waals surface area contributed by atoms with Gasteiger partial charge >= 0.3 is 0 Å². The summed E-state index contributed by atoms with van der Waals surface area (Å²) in [6.45, 7) is 4.47. The topological polar surface area (TPSA) is 29.3 Å². The molecule has 1 heterocycles. The van der Waals surface area contributed by atoms with Crippen molar-refractivity contribution in [3.63, 3.8) is 0 Å². The monoisotopic (exact) mass is 176 g/mol. The van der Waals surface area contributed by atoms with Gasteiger partial charge in [-0.2, -0.15) is 0 Å². The summed E-state index contributed by atoms with van der Waals surface area (Å²) in [6, 6.07) is 6.22. The summed E-state index contributed by atoms with van der Waals surface area (Å²) >= 11 is 0. The minimum atomic E-state index is 0.934. The van der Waals surface area contributed by atoms with Crippen LogP contribution in [0.4, 0.5) is 11.4 Å². The number of para-hydroxylation sites is 1. The Labute approximate surface area is 79.4 Å². The van der Waals surface area contributed by atoms with Crippen LogP contribution in [0.3, 0.4) is 0 Å². The summed E-state index contributed by atoms with van der Waals surface area (Å²) in [5.74, 6) is 0. The highest BCUT2D eigenvalue weighted by atomic mass is 15.2. The first-order valence-corrected chi connectivity index (χ1v) is 4.95. The molecule has 2 nitrogen and oxygen atoms in total. The molecule has 1 aromatic rings. The molecular formula is C11H16N2. The van der Waals surface area contributed by atoms with Crippen LogP contribution >= 0.6 is 0 Å². The van der Waals surface area contributed by atoms with E-state index in [1.54, 1.807) is 0 Å². The second-order valence-corrected chi connectivity index (χ2v) is 3.59. The Bertz CT molecular complexity index is 305. The molecule has 13 heavy (non-hydrogen) atoms. The molecule has 0 saturated heterocycles. The number of fused-ring (bicyclic) bond motifs is 1. The zero-order valence-electron chi connectivity index (χ0n) is 8.09. The van der Waals surface area contributed by atoms with Gasteiger partial charge < -0.3 is 10.6 Å². The molecule has 0 bridgehead atoms. The Morgan fingerprint density at radius 3 is 3.08 bits per heavy atom. The highest BCUT2D eigenvalue weighted by Gasteiger charge is 2.19. The molecule has 0 spiro atoms. The van der Waals surface area contributed by atoms with Gasteiger partial charge in [0.25, 0.3) is 0 Å². The van der Waals surface area contributed by atoms with Crippen LogP contribution in [0.5, 0.6) is 0 Å². The van der Waals surface area contributed by atoms with E-state index in [0.29, 0.717) is 0 Å². The molecule has 0 amide bonds. The molecule has 0 radical (unpaired) electrons. The molecule has 0 unspecified atom stereocenters. The van der Waals surface area contributed by atoms with Crippen LogP contribution < -0.4 is 10.6 Å². The quantitative estimate of drug-likeness (QED) is 0.699. The molecular weight excluding hydrogens is 160 g/mol. The summed E-state index contributed by atoms with van der Waals surface area (Å²) in [5, 5.41) is 0. The molecule has 2 N–H and O–H groups in total. The molecule has 2 heteroatoms. The van der Waals surface area contributed by atoms with E-state index in [0.717, 1.165) is 25.2 Å². The summed E-state index contributed by atoms with van der Waals surface area (Å²) < 4.78 is 0.